The lowest BCUT2D eigenvalue weighted by Gasteiger charge is -2.18. The molecule has 4 aromatic rings. The van der Waals surface area contributed by atoms with Gasteiger partial charge in [0.15, 0.2) is 6.04 Å². The molecule has 0 radical (unpaired) electrons. The fourth-order valence-corrected chi connectivity index (χ4v) is 3.41. The second kappa shape index (κ2) is 10.3. The fraction of sp³-hybridized carbons (Fsp3) is 0.0800. The first-order valence-electron chi connectivity index (χ1n) is 10.5. The number of methoxy groups -OCH3 is 1. The zero-order valence-corrected chi connectivity index (χ0v) is 18.6. The van der Waals surface area contributed by atoms with E-state index in [1.807, 2.05) is 0 Å². The number of phenolic OH excluding ortho intramolecular Hbond substituents is 1. The van der Waals surface area contributed by atoms with Crippen molar-refractivity contribution in [2.24, 2.45) is 5.10 Å². The number of amides is 2. The lowest BCUT2D eigenvalue weighted by Crippen LogP contribution is -2.40. The predicted octanol–water partition coefficient (Wildman–Crippen LogP) is 2.26. The number of ether oxygens (including phenoxy) is 1. The summed E-state index contributed by atoms with van der Waals surface area (Å²) in [4.78, 5) is 38.3. The van der Waals surface area contributed by atoms with Gasteiger partial charge in [-0.25, -0.2) is 10.5 Å². The van der Waals surface area contributed by atoms with Gasteiger partial charge in [-0.3, -0.25) is 14.4 Å². The number of carbonyl (C=O) groups excluding carboxylic acids is 2. The Morgan fingerprint density at radius 2 is 1.77 bits per heavy atom. The van der Waals surface area contributed by atoms with Gasteiger partial charge < -0.3 is 15.2 Å². The van der Waals surface area contributed by atoms with E-state index in [2.05, 4.69) is 26.0 Å². The number of aromatic nitrogens is 2. The molecule has 1 atom stereocenters. The van der Waals surface area contributed by atoms with Crippen LogP contribution in [0.15, 0.2) is 82.7 Å². The van der Waals surface area contributed by atoms with Crippen LogP contribution in [0.4, 0.5) is 0 Å². The van der Waals surface area contributed by atoms with Gasteiger partial charge in [0.1, 0.15) is 17.2 Å². The van der Waals surface area contributed by atoms with Crippen molar-refractivity contribution in [2.45, 2.75) is 6.04 Å². The standard InChI is InChI=1S/C25H21N5O5/c1-35-17-11-12-20(31)16(13-17)14-26-29-25(34)22(27-23(32)15-7-3-2-4-8-15)21-18-9-5-6-10-19(18)24(33)30-28-21/h2-14,22,31H,1H3,(H,27,32)(H,29,34)(H,30,33). The van der Waals surface area contributed by atoms with E-state index in [0.717, 1.165) is 0 Å². The molecule has 2 amide bonds. The zero-order chi connectivity index (χ0) is 24.8. The summed E-state index contributed by atoms with van der Waals surface area (Å²) in [5, 5.41) is 23.7. The minimum absolute atomic E-state index is 0.0639. The van der Waals surface area contributed by atoms with Crippen LogP contribution in [0.5, 0.6) is 11.5 Å². The van der Waals surface area contributed by atoms with Crippen molar-refractivity contribution in [1.82, 2.24) is 20.9 Å². The number of carbonyl (C=O) groups is 2. The second-order valence-electron chi connectivity index (χ2n) is 7.42. The van der Waals surface area contributed by atoms with Gasteiger partial charge in [0.2, 0.25) is 0 Å². The molecule has 0 saturated carbocycles. The highest BCUT2D eigenvalue weighted by atomic mass is 16.5. The Hall–Kier alpha value is -4.99. The molecule has 35 heavy (non-hydrogen) atoms. The molecule has 1 aromatic heterocycles. The number of rotatable bonds is 7. The van der Waals surface area contributed by atoms with E-state index >= 15 is 0 Å². The van der Waals surface area contributed by atoms with Crippen LogP contribution < -0.4 is 21.0 Å². The summed E-state index contributed by atoms with van der Waals surface area (Å²) in [5.41, 5.74) is 2.72. The number of fused-ring (bicyclic) bond motifs is 1. The maximum atomic E-state index is 13.2. The Bertz CT molecular complexity index is 1470. The molecule has 10 nitrogen and oxygen atoms in total. The number of aromatic amines is 1. The van der Waals surface area contributed by atoms with Crippen molar-refractivity contribution in [2.75, 3.05) is 7.11 Å². The molecule has 3 aromatic carbocycles. The van der Waals surface area contributed by atoms with Crippen LogP contribution in [0.2, 0.25) is 0 Å². The summed E-state index contributed by atoms with van der Waals surface area (Å²) >= 11 is 0. The quantitative estimate of drug-likeness (QED) is 0.240. The van der Waals surface area contributed by atoms with Gasteiger partial charge in [-0.05, 0) is 36.4 Å². The Kier molecular flexibility index (Phi) is 6.82. The molecule has 1 heterocycles. The van der Waals surface area contributed by atoms with Crippen molar-refractivity contribution in [1.29, 1.82) is 0 Å². The molecule has 4 N–H and O–H groups in total. The van der Waals surface area contributed by atoms with E-state index < -0.39 is 23.4 Å². The molecule has 0 saturated heterocycles. The highest BCUT2D eigenvalue weighted by Gasteiger charge is 2.27. The molecule has 1 unspecified atom stereocenters. The van der Waals surface area contributed by atoms with Crippen molar-refractivity contribution in [3.05, 3.63) is 100.0 Å². The molecule has 4 rings (SSSR count). The Morgan fingerprint density at radius 3 is 2.51 bits per heavy atom. The van der Waals surface area contributed by atoms with E-state index in [1.54, 1.807) is 60.7 Å². The van der Waals surface area contributed by atoms with E-state index in [1.165, 1.54) is 25.5 Å². The highest BCUT2D eigenvalue weighted by Crippen LogP contribution is 2.22. The topological polar surface area (TPSA) is 146 Å². The van der Waals surface area contributed by atoms with Crippen LogP contribution in [0.1, 0.15) is 27.7 Å². The summed E-state index contributed by atoms with van der Waals surface area (Å²) < 4.78 is 5.12. The van der Waals surface area contributed by atoms with Gasteiger partial charge >= 0.3 is 0 Å². The van der Waals surface area contributed by atoms with E-state index in [9.17, 15) is 19.5 Å². The average molecular weight is 471 g/mol. The molecule has 0 fully saturated rings. The molecule has 0 aliphatic heterocycles. The molecular formula is C25H21N5O5. The molecule has 0 spiro atoms. The molecule has 176 valence electrons. The molecular weight excluding hydrogens is 450 g/mol. The highest BCUT2D eigenvalue weighted by molar-refractivity contribution is 5.99. The number of phenols is 1. The largest absolute Gasteiger partial charge is 0.507 e. The van der Waals surface area contributed by atoms with Crippen LogP contribution in [0.3, 0.4) is 0 Å². The first-order valence-corrected chi connectivity index (χ1v) is 10.5. The Morgan fingerprint density at radius 1 is 1.06 bits per heavy atom. The molecule has 0 bridgehead atoms. The number of nitrogens with zero attached hydrogens (tertiary/aromatic N) is 2. The number of nitrogens with one attached hydrogen (secondary N) is 3. The van der Waals surface area contributed by atoms with Gasteiger partial charge in [-0.15, -0.1) is 0 Å². The summed E-state index contributed by atoms with van der Waals surface area (Å²) in [7, 11) is 1.48. The first kappa shape index (κ1) is 23.2. The summed E-state index contributed by atoms with van der Waals surface area (Å²) in [6.45, 7) is 0. The number of aromatic hydroxyl groups is 1. The third-order valence-corrected chi connectivity index (χ3v) is 5.19. The number of H-pyrrole nitrogens is 1. The van der Waals surface area contributed by atoms with Crippen molar-refractivity contribution in [3.8, 4) is 11.5 Å². The summed E-state index contributed by atoms with van der Waals surface area (Å²) in [5.74, 6) is -0.798. The molecule has 10 heteroatoms. The lowest BCUT2D eigenvalue weighted by atomic mass is 10.0. The average Bonchev–Trinajstić information content (AvgIpc) is 2.89. The monoisotopic (exact) mass is 471 g/mol. The maximum Gasteiger partial charge on any atom is 0.272 e. The minimum Gasteiger partial charge on any atom is -0.507 e. The Balaban J connectivity index is 1.67. The fourth-order valence-electron chi connectivity index (χ4n) is 3.41. The van der Waals surface area contributed by atoms with E-state index in [0.29, 0.717) is 27.6 Å². The number of hydrazone groups is 1. The van der Waals surface area contributed by atoms with Gasteiger partial charge in [0.05, 0.1) is 18.7 Å². The van der Waals surface area contributed by atoms with Crippen LogP contribution in [-0.4, -0.2) is 40.4 Å². The smallest absolute Gasteiger partial charge is 0.272 e. The van der Waals surface area contributed by atoms with Crippen LogP contribution in [0, 0.1) is 0 Å². The summed E-state index contributed by atoms with van der Waals surface area (Å²) in [6.07, 6.45) is 1.24. The summed E-state index contributed by atoms with van der Waals surface area (Å²) in [6, 6.07) is 18.2. The molecule has 0 aliphatic carbocycles. The number of benzene rings is 3. The van der Waals surface area contributed by atoms with Crippen LogP contribution >= 0.6 is 0 Å². The maximum absolute atomic E-state index is 13.2. The normalized spacial score (nSPS) is 11.8. The van der Waals surface area contributed by atoms with Crippen molar-refractivity contribution < 1.29 is 19.4 Å². The first-order chi connectivity index (χ1) is 17.0. The van der Waals surface area contributed by atoms with E-state index in [-0.39, 0.29) is 11.4 Å². The zero-order valence-electron chi connectivity index (χ0n) is 18.6. The van der Waals surface area contributed by atoms with E-state index in [4.69, 9.17) is 4.74 Å². The van der Waals surface area contributed by atoms with Gasteiger partial charge in [-0.1, -0.05) is 36.4 Å². The predicted molar refractivity (Wildman–Crippen MR) is 129 cm³/mol. The van der Waals surface area contributed by atoms with Crippen LogP contribution in [-0.2, 0) is 4.79 Å². The lowest BCUT2D eigenvalue weighted by molar-refractivity contribution is -0.123. The van der Waals surface area contributed by atoms with Crippen LogP contribution in [0.25, 0.3) is 10.8 Å². The van der Waals surface area contributed by atoms with Gasteiger partial charge in [-0.2, -0.15) is 10.2 Å². The third-order valence-electron chi connectivity index (χ3n) is 5.19. The number of hydrogen-bond acceptors (Lipinski definition) is 7. The van der Waals surface area contributed by atoms with Crippen molar-refractivity contribution >= 4 is 28.8 Å². The molecule has 0 aliphatic rings. The number of hydrogen-bond donors (Lipinski definition) is 4. The third kappa shape index (κ3) is 5.17. The minimum atomic E-state index is -1.29. The SMILES string of the molecule is COc1ccc(O)c(C=NNC(=O)C(NC(=O)c2ccccc2)c2n[nH]c(=O)c3ccccc23)c1. The van der Waals surface area contributed by atoms with Crippen molar-refractivity contribution in [3.63, 3.8) is 0 Å². The second-order valence-corrected chi connectivity index (χ2v) is 7.42. The van der Waals surface area contributed by atoms with Gasteiger partial charge in [0, 0.05) is 16.5 Å². The van der Waals surface area contributed by atoms with Gasteiger partial charge in [0.25, 0.3) is 17.4 Å². The Labute approximate surface area is 199 Å².